The molecule has 6 heteroatoms. The Bertz CT molecular complexity index is 860. The van der Waals surface area contributed by atoms with E-state index in [1.165, 1.54) is 21.8 Å². The van der Waals surface area contributed by atoms with Gasteiger partial charge < -0.3 is 4.74 Å². The lowest BCUT2D eigenvalue weighted by molar-refractivity contribution is 0.0589. The molecule has 2 rings (SSSR count). The van der Waals surface area contributed by atoms with Crippen molar-refractivity contribution in [3.8, 4) is 0 Å². The summed E-state index contributed by atoms with van der Waals surface area (Å²) in [6, 6.07) is 6.14. The molecule has 0 radical (unpaired) electrons. The number of hydrogen-bond donors (Lipinski definition) is 0. The zero-order valence-electron chi connectivity index (χ0n) is 16.6. The van der Waals surface area contributed by atoms with Crippen LogP contribution in [0.1, 0.15) is 46.6 Å². The lowest BCUT2D eigenvalue weighted by atomic mass is 10.00. The fraction of sp³-hybridized carbons (Fsp3) is 0.450. The lowest BCUT2D eigenvalue weighted by Crippen LogP contribution is -2.34. The van der Waals surface area contributed by atoms with Crippen LogP contribution in [0, 0.1) is 0 Å². The van der Waals surface area contributed by atoms with Crippen molar-refractivity contribution in [2.24, 2.45) is 4.99 Å². The maximum Gasteiger partial charge on any atom is 0.416 e. The normalized spacial score (nSPS) is 13.2. The summed E-state index contributed by atoms with van der Waals surface area (Å²) in [5, 5.41) is 0.619. The number of hydrogen-bond acceptors (Lipinski definition) is 5. The number of amides is 1. The molecule has 0 spiro atoms. The third kappa shape index (κ3) is 4.69. The van der Waals surface area contributed by atoms with Gasteiger partial charge in [0, 0.05) is 20.3 Å². The van der Waals surface area contributed by atoms with Crippen LogP contribution in [-0.2, 0) is 4.74 Å². The van der Waals surface area contributed by atoms with Crippen molar-refractivity contribution in [3.05, 3.63) is 29.3 Å². The van der Waals surface area contributed by atoms with Gasteiger partial charge in [-0.15, -0.1) is 0 Å². The van der Waals surface area contributed by atoms with Crippen LogP contribution in [0.15, 0.2) is 28.8 Å². The Morgan fingerprint density at radius 3 is 2.65 bits per heavy atom. The number of carbonyl (C=O) groups is 1. The maximum atomic E-state index is 12.3. The van der Waals surface area contributed by atoms with Crippen LogP contribution >= 0.6 is 11.3 Å². The van der Waals surface area contributed by atoms with E-state index in [1.54, 1.807) is 14.1 Å². The molecule has 0 atom stereocenters. The Balaban J connectivity index is 2.39. The third-order valence-electron chi connectivity index (χ3n) is 3.89. The van der Waals surface area contributed by atoms with Gasteiger partial charge in [-0.05, 0) is 57.4 Å². The number of fused-ring (bicyclic) bond motifs is 1. The van der Waals surface area contributed by atoms with Gasteiger partial charge in [-0.1, -0.05) is 29.9 Å². The average Bonchev–Trinajstić information content (AvgIpc) is 2.99. The molecule has 1 aromatic heterocycles. The van der Waals surface area contributed by atoms with Crippen LogP contribution in [0.4, 0.5) is 9.93 Å². The second kappa shape index (κ2) is 7.99. The monoisotopic (exact) mass is 373 g/mol. The highest BCUT2D eigenvalue weighted by atomic mass is 32.1. The number of carbonyl (C=O) groups excluding carboxylic acids is 1. The highest BCUT2D eigenvalue weighted by Crippen LogP contribution is 2.32. The van der Waals surface area contributed by atoms with Gasteiger partial charge in [0.05, 0.1) is 10.2 Å². The predicted octanol–water partition coefficient (Wildman–Crippen LogP) is 5.55. The Morgan fingerprint density at radius 1 is 1.38 bits per heavy atom. The molecule has 140 valence electrons. The fourth-order valence-electron chi connectivity index (χ4n) is 2.38. The first kappa shape index (κ1) is 20.1. The van der Waals surface area contributed by atoms with E-state index in [2.05, 4.69) is 36.0 Å². The van der Waals surface area contributed by atoms with Crippen molar-refractivity contribution in [2.45, 2.75) is 46.6 Å². The van der Waals surface area contributed by atoms with Gasteiger partial charge in [-0.25, -0.2) is 9.78 Å². The molecule has 0 fully saturated rings. The minimum Gasteiger partial charge on any atom is -0.443 e. The van der Waals surface area contributed by atoms with Gasteiger partial charge in [-0.3, -0.25) is 9.89 Å². The molecule has 0 aliphatic carbocycles. The van der Waals surface area contributed by atoms with E-state index < -0.39 is 11.7 Å². The number of rotatable bonds is 4. The molecule has 1 amide bonds. The number of allylic oxidation sites excluding steroid dienone is 2. The van der Waals surface area contributed by atoms with Crippen LogP contribution in [0.3, 0.4) is 0 Å². The van der Waals surface area contributed by atoms with Crippen molar-refractivity contribution in [1.82, 2.24) is 4.98 Å². The molecular weight excluding hydrogens is 346 g/mol. The molecule has 0 saturated heterocycles. The number of aromatic nitrogens is 1. The summed E-state index contributed by atoms with van der Waals surface area (Å²) in [6.07, 6.45) is 2.46. The van der Waals surface area contributed by atoms with E-state index in [4.69, 9.17) is 4.74 Å². The average molecular weight is 374 g/mol. The largest absolute Gasteiger partial charge is 0.443 e. The fourth-order valence-corrected chi connectivity index (χ4v) is 3.34. The minimum atomic E-state index is -0.536. The Hall–Kier alpha value is -2.21. The smallest absolute Gasteiger partial charge is 0.416 e. The number of ether oxygens (including phenoxy) is 1. The summed E-state index contributed by atoms with van der Waals surface area (Å²) >= 11 is 1.48. The summed E-state index contributed by atoms with van der Waals surface area (Å²) in [7, 11) is 3.46. The Kier molecular flexibility index (Phi) is 6.18. The molecule has 0 aliphatic rings. The third-order valence-corrected chi connectivity index (χ3v) is 4.99. The highest BCUT2D eigenvalue weighted by Gasteiger charge is 2.22. The molecule has 0 aliphatic heterocycles. The van der Waals surface area contributed by atoms with Gasteiger partial charge >= 0.3 is 6.09 Å². The highest BCUT2D eigenvalue weighted by molar-refractivity contribution is 7.22. The first-order valence-corrected chi connectivity index (χ1v) is 9.47. The van der Waals surface area contributed by atoms with Crippen LogP contribution in [0.5, 0.6) is 0 Å². The lowest BCUT2D eigenvalue weighted by Gasteiger charge is -2.23. The molecule has 26 heavy (non-hydrogen) atoms. The van der Waals surface area contributed by atoms with Crippen LogP contribution in [-0.4, -0.2) is 37.0 Å². The van der Waals surface area contributed by atoms with Crippen molar-refractivity contribution < 1.29 is 9.53 Å². The molecule has 0 unspecified atom stereocenters. The number of aliphatic imine (C=N–C) groups is 1. The SMILES string of the molecule is CC/C(C)=C(\C=N/C)c1ccc2nc(N(C)C(=O)OC(C)(C)C)sc2c1. The second-order valence-electron chi connectivity index (χ2n) is 7.15. The van der Waals surface area contributed by atoms with E-state index in [0.717, 1.165) is 27.8 Å². The van der Waals surface area contributed by atoms with Gasteiger partial charge in [0.15, 0.2) is 5.13 Å². The van der Waals surface area contributed by atoms with E-state index in [1.807, 2.05) is 33.1 Å². The van der Waals surface area contributed by atoms with Crippen molar-refractivity contribution in [2.75, 3.05) is 19.0 Å². The molecule has 0 saturated carbocycles. The standard InChI is InChI=1S/C20H27N3O2S/c1-8-13(2)15(12-21-6)14-9-10-16-17(11-14)26-18(22-16)23(7)19(24)25-20(3,4)5/h9-12H,8H2,1-7H3/b15-13+,21-12-. The second-order valence-corrected chi connectivity index (χ2v) is 8.16. The van der Waals surface area contributed by atoms with E-state index in [0.29, 0.717) is 5.13 Å². The molecule has 0 N–H and O–H groups in total. The van der Waals surface area contributed by atoms with E-state index >= 15 is 0 Å². The first-order chi connectivity index (χ1) is 12.2. The van der Waals surface area contributed by atoms with Crippen molar-refractivity contribution in [3.63, 3.8) is 0 Å². The molecule has 1 heterocycles. The van der Waals surface area contributed by atoms with Gasteiger partial charge in [-0.2, -0.15) is 0 Å². The Labute approximate surface area is 159 Å². The minimum absolute atomic E-state index is 0.405. The van der Waals surface area contributed by atoms with Gasteiger partial charge in [0.1, 0.15) is 5.60 Å². The number of nitrogens with zero attached hydrogens (tertiary/aromatic N) is 3. The summed E-state index contributed by atoms with van der Waals surface area (Å²) in [6.45, 7) is 9.81. The Morgan fingerprint density at radius 2 is 2.08 bits per heavy atom. The summed E-state index contributed by atoms with van der Waals surface area (Å²) < 4.78 is 6.45. The molecule has 2 aromatic rings. The van der Waals surface area contributed by atoms with Crippen LogP contribution < -0.4 is 4.90 Å². The summed E-state index contributed by atoms with van der Waals surface area (Å²) in [4.78, 5) is 22.5. The van der Waals surface area contributed by atoms with Crippen molar-refractivity contribution >= 4 is 44.6 Å². The summed E-state index contributed by atoms with van der Waals surface area (Å²) in [5.41, 5.74) is 3.85. The number of benzene rings is 1. The van der Waals surface area contributed by atoms with E-state index in [9.17, 15) is 4.79 Å². The van der Waals surface area contributed by atoms with Gasteiger partial charge in [0.2, 0.25) is 0 Å². The van der Waals surface area contributed by atoms with Gasteiger partial charge in [0.25, 0.3) is 0 Å². The molecule has 0 bridgehead atoms. The van der Waals surface area contributed by atoms with Crippen LogP contribution in [0.25, 0.3) is 15.8 Å². The zero-order valence-corrected chi connectivity index (χ0v) is 17.4. The quantitative estimate of drug-likeness (QED) is 0.660. The van der Waals surface area contributed by atoms with Crippen LogP contribution in [0.2, 0.25) is 0 Å². The summed E-state index contributed by atoms with van der Waals surface area (Å²) in [5.74, 6) is 0. The number of thiazole rings is 1. The first-order valence-electron chi connectivity index (χ1n) is 8.66. The van der Waals surface area contributed by atoms with Crippen molar-refractivity contribution in [1.29, 1.82) is 0 Å². The predicted molar refractivity (Wildman–Crippen MR) is 112 cm³/mol. The molecular formula is C20H27N3O2S. The molecule has 1 aromatic carbocycles. The number of anilines is 1. The maximum absolute atomic E-state index is 12.3. The van der Waals surface area contributed by atoms with E-state index in [-0.39, 0.29) is 0 Å². The zero-order chi connectivity index (χ0) is 19.5. The molecule has 5 nitrogen and oxygen atoms in total. The topological polar surface area (TPSA) is 54.8 Å².